The number of para-hydroxylation sites is 1. The van der Waals surface area contributed by atoms with Crippen molar-refractivity contribution in [3.63, 3.8) is 0 Å². The number of hydrogen-bond acceptors (Lipinski definition) is 3. The lowest BCUT2D eigenvalue weighted by Gasteiger charge is -2.30. The van der Waals surface area contributed by atoms with Crippen LogP contribution in [-0.4, -0.2) is 56.5 Å². The van der Waals surface area contributed by atoms with Gasteiger partial charge in [0.2, 0.25) is 0 Å². The summed E-state index contributed by atoms with van der Waals surface area (Å²) in [5, 5.41) is 2.87. The van der Waals surface area contributed by atoms with Gasteiger partial charge in [-0.1, -0.05) is 24.8 Å². The highest BCUT2D eigenvalue weighted by Crippen LogP contribution is 2.19. The highest BCUT2D eigenvalue weighted by Gasteiger charge is 2.24. The van der Waals surface area contributed by atoms with Crippen LogP contribution >= 0.6 is 0 Å². The molecular formula is C22H26N3O3+. The molecule has 1 saturated heterocycles. The molecule has 1 heterocycles. The van der Waals surface area contributed by atoms with Crippen molar-refractivity contribution in [3.05, 3.63) is 72.3 Å². The molecule has 1 aliphatic heterocycles. The lowest BCUT2D eigenvalue weighted by atomic mass is 10.1. The molecule has 0 atom stereocenters. The molecule has 2 aromatic carbocycles. The van der Waals surface area contributed by atoms with Crippen molar-refractivity contribution in [2.45, 2.75) is 0 Å². The molecule has 0 bridgehead atoms. The van der Waals surface area contributed by atoms with E-state index < -0.39 is 0 Å². The van der Waals surface area contributed by atoms with Crippen LogP contribution in [0.3, 0.4) is 0 Å². The first kappa shape index (κ1) is 19.6. The number of hydrogen-bond donors (Lipinski definition) is 2. The van der Waals surface area contributed by atoms with Crippen LogP contribution in [0.2, 0.25) is 0 Å². The highest BCUT2D eigenvalue weighted by atomic mass is 16.5. The average molecular weight is 380 g/mol. The van der Waals surface area contributed by atoms with E-state index in [4.69, 9.17) is 4.74 Å². The van der Waals surface area contributed by atoms with E-state index in [9.17, 15) is 9.59 Å². The fourth-order valence-corrected chi connectivity index (χ4v) is 3.09. The maximum atomic E-state index is 12.9. The number of nitrogens with one attached hydrogen (secondary N) is 2. The molecule has 0 aliphatic carbocycles. The summed E-state index contributed by atoms with van der Waals surface area (Å²) < 4.78 is 5.43. The zero-order chi connectivity index (χ0) is 19.9. The third kappa shape index (κ3) is 4.78. The van der Waals surface area contributed by atoms with Crippen molar-refractivity contribution in [3.8, 4) is 5.75 Å². The van der Waals surface area contributed by atoms with Crippen LogP contribution < -0.4 is 15.0 Å². The third-order valence-corrected chi connectivity index (χ3v) is 4.79. The van der Waals surface area contributed by atoms with Crippen molar-refractivity contribution < 1.29 is 19.2 Å². The Morgan fingerprint density at radius 3 is 2.50 bits per heavy atom. The van der Waals surface area contributed by atoms with Crippen LogP contribution in [-0.2, 0) is 0 Å². The molecule has 146 valence electrons. The number of amides is 2. The van der Waals surface area contributed by atoms with Crippen LogP contribution in [0, 0.1) is 0 Å². The summed E-state index contributed by atoms with van der Waals surface area (Å²) in [4.78, 5) is 28.8. The average Bonchev–Trinajstić information content (AvgIpc) is 2.73. The SMILES string of the molecule is C=CCOc1ccc(C(=O)Nc2ccccc2C(=O)N2CC[NH+](C)CC2)cc1. The Bertz CT molecular complexity index is 840. The summed E-state index contributed by atoms with van der Waals surface area (Å²) in [6.45, 7) is 7.32. The van der Waals surface area contributed by atoms with Crippen molar-refractivity contribution in [1.29, 1.82) is 0 Å². The molecule has 28 heavy (non-hydrogen) atoms. The summed E-state index contributed by atoms with van der Waals surface area (Å²) >= 11 is 0. The first-order chi connectivity index (χ1) is 13.6. The normalized spacial score (nSPS) is 14.4. The van der Waals surface area contributed by atoms with E-state index in [1.807, 2.05) is 17.0 Å². The number of carbonyl (C=O) groups is 2. The monoisotopic (exact) mass is 380 g/mol. The van der Waals surface area contributed by atoms with Crippen LogP contribution in [0.5, 0.6) is 5.75 Å². The van der Waals surface area contributed by atoms with Crippen LogP contribution in [0.25, 0.3) is 0 Å². The molecule has 2 amide bonds. The minimum absolute atomic E-state index is 0.0448. The van der Waals surface area contributed by atoms with E-state index >= 15 is 0 Å². The molecule has 6 nitrogen and oxygen atoms in total. The molecule has 2 N–H and O–H groups in total. The maximum absolute atomic E-state index is 12.9. The van der Waals surface area contributed by atoms with E-state index in [0.29, 0.717) is 29.2 Å². The standard InChI is InChI=1S/C22H25N3O3/c1-3-16-28-18-10-8-17(9-11-18)21(26)23-20-7-5-4-6-19(20)22(27)25-14-12-24(2)13-15-25/h3-11H,1,12-16H2,2H3,(H,23,26)/p+1. The molecular weight excluding hydrogens is 354 g/mol. The van der Waals surface area contributed by atoms with Gasteiger partial charge in [0.05, 0.1) is 44.5 Å². The van der Waals surface area contributed by atoms with Crippen molar-refractivity contribution in [1.82, 2.24) is 4.90 Å². The minimum Gasteiger partial charge on any atom is -0.490 e. The summed E-state index contributed by atoms with van der Waals surface area (Å²) in [7, 11) is 2.13. The number of ether oxygens (including phenoxy) is 1. The van der Waals surface area contributed by atoms with E-state index in [-0.39, 0.29) is 11.8 Å². The number of rotatable bonds is 6. The number of carbonyl (C=O) groups excluding carboxylic acids is 2. The first-order valence-corrected chi connectivity index (χ1v) is 9.43. The summed E-state index contributed by atoms with van der Waals surface area (Å²) in [6, 6.07) is 14.0. The molecule has 1 fully saturated rings. The second-order valence-electron chi connectivity index (χ2n) is 6.87. The zero-order valence-electron chi connectivity index (χ0n) is 16.1. The van der Waals surface area contributed by atoms with Gasteiger partial charge in [0.25, 0.3) is 11.8 Å². The fourth-order valence-electron chi connectivity index (χ4n) is 3.09. The maximum Gasteiger partial charge on any atom is 0.256 e. The van der Waals surface area contributed by atoms with Gasteiger partial charge in [0.15, 0.2) is 0 Å². The van der Waals surface area contributed by atoms with Crippen molar-refractivity contribution in [2.24, 2.45) is 0 Å². The Morgan fingerprint density at radius 2 is 1.82 bits per heavy atom. The largest absolute Gasteiger partial charge is 0.490 e. The molecule has 0 aromatic heterocycles. The highest BCUT2D eigenvalue weighted by molar-refractivity contribution is 6.09. The minimum atomic E-state index is -0.265. The quantitative estimate of drug-likeness (QED) is 0.746. The Labute approximate surface area is 165 Å². The first-order valence-electron chi connectivity index (χ1n) is 9.43. The summed E-state index contributed by atoms with van der Waals surface area (Å²) in [5.74, 6) is 0.360. The lowest BCUT2D eigenvalue weighted by molar-refractivity contribution is -0.883. The Balaban J connectivity index is 1.71. The third-order valence-electron chi connectivity index (χ3n) is 4.79. The van der Waals surface area contributed by atoms with Crippen LogP contribution in [0.15, 0.2) is 61.2 Å². The second-order valence-corrected chi connectivity index (χ2v) is 6.87. The lowest BCUT2D eigenvalue weighted by Crippen LogP contribution is -3.12. The topological polar surface area (TPSA) is 63.1 Å². The van der Waals surface area contributed by atoms with Gasteiger partial charge in [-0.3, -0.25) is 9.59 Å². The van der Waals surface area contributed by atoms with Gasteiger partial charge in [0.1, 0.15) is 12.4 Å². The number of likely N-dealkylation sites (N-methyl/N-ethyl adjacent to an activating group) is 1. The van der Waals surface area contributed by atoms with Crippen LogP contribution in [0.4, 0.5) is 5.69 Å². The van der Waals surface area contributed by atoms with Gasteiger partial charge in [-0.25, -0.2) is 0 Å². The van der Waals surface area contributed by atoms with Crippen LogP contribution in [0.1, 0.15) is 20.7 Å². The molecule has 0 radical (unpaired) electrons. The molecule has 3 rings (SSSR count). The smallest absolute Gasteiger partial charge is 0.256 e. The Kier molecular flexibility index (Phi) is 6.45. The molecule has 1 aliphatic rings. The Hall–Kier alpha value is -3.12. The second kappa shape index (κ2) is 9.19. The molecule has 2 aromatic rings. The summed E-state index contributed by atoms with van der Waals surface area (Å²) in [5.41, 5.74) is 1.54. The zero-order valence-corrected chi connectivity index (χ0v) is 16.1. The molecule has 0 spiro atoms. The fraction of sp³-hybridized carbons (Fsp3) is 0.273. The van der Waals surface area contributed by atoms with E-state index in [2.05, 4.69) is 18.9 Å². The molecule has 0 saturated carbocycles. The number of anilines is 1. The number of quaternary nitrogens is 1. The van der Waals surface area contributed by atoms with Crippen molar-refractivity contribution >= 4 is 17.5 Å². The predicted octanol–water partition coefficient (Wildman–Crippen LogP) is 1.47. The summed E-state index contributed by atoms with van der Waals surface area (Å²) in [6.07, 6.45) is 1.66. The number of piperazine rings is 1. The van der Waals surface area contributed by atoms with Gasteiger partial charge in [-0.2, -0.15) is 0 Å². The molecule has 0 unspecified atom stereocenters. The van der Waals surface area contributed by atoms with E-state index in [1.165, 1.54) is 4.90 Å². The Morgan fingerprint density at radius 1 is 1.14 bits per heavy atom. The van der Waals surface area contributed by atoms with Gasteiger partial charge in [-0.05, 0) is 36.4 Å². The predicted molar refractivity (Wildman–Crippen MR) is 109 cm³/mol. The van der Waals surface area contributed by atoms with Gasteiger partial charge in [0, 0.05) is 5.56 Å². The van der Waals surface area contributed by atoms with Gasteiger partial charge in [-0.15, -0.1) is 0 Å². The van der Waals surface area contributed by atoms with E-state index in [1.54, 1.807) is 42.5 Å². The van der Waals surface area contributed by atoms with E-state index in [0.717, 1.165) is 26.2 Å². The van der Waals surface area contributed by atoms with Crippen molar-refractivity contribution in [2.75, 3.05) is 45.2 Å². The van der Waals surface area contributed by atoms with Gasteiger partial charge >= 0.3 is 0 Å². The number of nitrogens with zero attached hydrogens (tertiary/aromatic N) is 1. The number of benzene rings is 2. The molecule has 6 heteroatoms. The van der Waals surface area contributed by atoms with Gasteiger partial charge < -0.3 is 19.9 Å².